The van der Waals surface area contributed by atoms with Gasteiger partial charge in [0.2, 0.25) is 0 Å². The van der Waals surface area contributed by atoms with E-state index in [-0.39, 0.29) is 0 Å². The Balaban J connectivity index is 2.99. The first-order valence-electron chi connectivity index (χ1n) is 5.54. The van der Waals surface area contributed by atoms with Crippen LogP contribution in [0.4, 0.5) is 0 Å². The minimum atomic E-state index is 0.291. The number of rotatable bonds is 7. The largest absolute Gasteiger partial charge is 0.493 e. The van der Waals surface area contributed by atoms with Crippen LogP contribution in [0.2, 0.25) is 0 Å². The molecule has 0 saturated heterocycles. The molecule has 5 heteroatoms. The smallest absolute Gasteiger partial charge is 0.161 e. The Morgan fingerprint density at radius 2 is 2.38 bits per heavy atom. The Morgan fingerprint density at radius 3 is 2.88 bits per heavy atom. The molecule has 1 aromatic heterocycles. The van der Waals surface area contributed by atoms with Gasteiger partial charge >= 0.3 is 0 Å². The zero-order valence-corrected chi connectivity index (χ0v) is 11.3. The number of hydrogen-bond acceptors (Lipinski definition) is 4. The lowest BCUT2D eigenvalue weighted by Gasteiger charge is -2.18. The molecule has 0 fully saturated rings. The van der Waals surface area contributed by atoms with Crippen LogP contribution in [0.1, 0.15) is 25.1 Å². The molecule has 0 saturated carbocycles. The molecule has 0 aliphatic carbocycles. The highest BCUT2D eigenvalue weighted by Crippen LogP contribution is 2.26. The lowest BCUT2D eigenvalue weighted by molar-refractivity contribution is 0.398. The van der Waals surface area contributed by atoms with Crippen molar-refractivity contribution in [3.05, 3.63) is 11.9 Å². The SMILES string of the molecule is CCCn1ncc(OC)c1C(CSC)NC. The van der Waals surface area contributed by atoms with Gasteiger partial charge in [-0.25, -0.2) is 0 Å². The van der Waals surface area contributed by atoms with Gasteiger partial charge in [0.15, 0.2) is 5.75 Å². The molecule has 4 nitrogen and oxygen atoms in total. The van der Waals surface area contributed by atoms with Crippen LogP contribution in [0.5, 0.6) is 5.75 Å². The number of ether oxygens (including phenoxy) is 1. The van der Waals surface area contributed by atoms with Crippen LogP contribution >= 0.6 is 11.8 Å². The number of nitrogens with one attached hydrogen (secondary N) is 1. The quantitative estimate of drug-likeness (QED) is 0.794. The van der Waals surface area contributed by atoms with E-state index < -0.39 is 0 Å². The summed E-state index contributed by atoms with van der Waals surface area (Å²) in [5.74, 6) is 1.89. The standard InChI is InChI=1S/C11H21N3OS/c1-5-6-14-11(9(12-2)8-16-4)10(15-3)7-13-14/h7,9,12H,5-6,8H2,1-4H3. The van der Waals surface area contributed by atoms with Crippen molar-refractivity contribution >= 4 is 11.8 Å². The van der Waals surface area contributed by atoms with Gasteiger partial charge in [0.25, 0.3) is 0 Å². The summed E-state index contributed by atoms with van der Waals surface area (Å²) >= 11 is 1.82. The molecule has 1 rings (SSSR count). The third-order valence-electron chi connectivity index (χ3n) is 2.51. The van der Waals surface area contributed by atoms with E-state index in [1.54, 1.807) is 13.3 Å². The maximum Gasteiger partial charge on any atom is 0.161 e. The van der Waals surface area contributed by atoms with Crippen molar-refractivity contribution in [3.8, 4) is 5.75 Å². The van der Waals surface area contributed by atoms with Gasteiger partial charge in [-0.2, -0.15) is 16.9 Å². The molecule has 0 amide bonds. The minimum absolute atomic E-state index is 0.291. The Labute approximate surface area is 102 Å². The van der Waals surface area contributed by atoms with Crippen LogP contribution < -0.4 is 10.1 Å². The van der Waals surface area contributed by atoms with Crippen molar-refractivity contribution in [2.24, 2.45) is 0 Å². The van der Waals surface area contributed by atoms with E-state index in [2.05, 4.69) is 23.6 Å². The van der Waals surface area contributed by atoms with Gasteiger partial charge in [0, 0.05) is 12.3 Å². The molecule has 0 radical (unpaired) electrons. The van der Waals surface area contributed by atoms with E-state index in [4.69, 9.17) is 4.74 Å². The van der Waals surface area contributed by atoms with Gasteiger partial charge in [0.1, 0.15) is 0 Å². The lowest BCUT2D eigenvalue weighted by Crippen LogP contribution is -2.23. The molecule has 16 heavy (non-hydrogen) atoms. The molecule has 1 heterocycles. The van der Waals surface area contributed by atoms with Gasteiger partial charge in [-0.1, -0.05) is 6.92 Å². The minimum Gasteiger partial charge on any atom is -0.493 e. The van der Waals surface area contributed by atoms with Crippen molar-refractivity contribution in [1.82, 2.24) is 15.1 Å². The maximum atomic E-state index is 5.37. The first-order valence-corrected chi connectivity index (χ1v) is 6.93. The Bertz CT molecular complexity index is 314. The molecule has 1 atom stereocenters. The molecule has 0 aromatic carbocycles. The van der Waals surface area contributed by atoms with Crippen molar-refractivity contribution in [2.45, 2.75) is 25.9 Å². The van der Waals surface area contributed by atoms with Crippen LogP contribution in [-0.2, 0) is 6.54 Å². The predicted octanol–water partition coefficient (Wildman–Crippen LogP) is 1.93. The Morgan fingerprint density at radius 1 is 1.62 bits per heavy atom. The first-order chi connectivity index (χ1) is 7.78. The van der Waals surface area contributed by atoms with Crippen LogP contribution in [0, 0.1) is 0 Å². The molecule has 1 aromatic rings. The number of hydrogen-bond donors (Lipinski definition) is 1. The Kier molecular flexibility index (Phi) is 5.69. The van der Waals surface area contributed by atoms with Gasteiger partial charge in [0.05, 0.1) is 25.0 Å². The zero-order valence-electron chi connectivity index (χ0n) is 10.5. The average Bonchev–Trinajstić information content (AvgIpc) is 2.69. The van der Waals surface area contributed by atoms with Crippen molar-refractivity contribution in [1.29, 1.82) is 0 Å². The highest BCUT2D eigenvalue weighted by molar-refractivity contribution is 7.98. The molecule has 0 aliphatic heterocycles. The molecular formula is C11H21N3OS. The van der Waals surface area contributed by atoms with E-state index in [9.17, 15) is 0 Å². The second-order valence-electron chi connectivity index (χ2n) is 3.62. The summed E-state index contributed by atoms with van der Waals surface area (Å²) in [7, 11) is 3.67. The summed E-state index contributed by atoms with van der Waals surface area (Å²) < 4.78 is 7.41. The summed E-state index contributed by atoms with van der Waals surface area (Å²) in [6.07, 6.45) is 4.99. The number of nitrogens with zero attached hydrogens (tertiary/aromatic N) is 2. The average molecular weight is 243 g/mol. The normalized spacial score (nSPS) is 12.8. The fourth-order valence-electron chi connectivity index (χ4n) is 1.74. The summed E-state index contributed by atoms with van der Waals surface area (Å²) in [6.45, 7) is 3.09. The summed E-state index contributed by atoms with van der Waals surface area (Å²) in [5.41, 5.74) is 1.15. The molecular weight excluding hydrogens is 222 g/mol. The van der Waals surface area contributed by atoms with E-state index >= 15 is 0 Å². The third-order valence-corrected chi connectivity index (χ3v) is 3.18. The van der Waals surface area contributed by atoms with E-state index in [0.717, 1.165) is 30.2 Å². The monoisotopic (exact) mass is 243 g/mol. The van der Waals surface area contributed by atoms with E-state index in [0.29, 0.717) is 6.04 Å². The first kappa shape index (κ1) is 13.4. The van der Waals surface area contributed by atoms with Crippen LogP contribution in [0.25, 0.3) is 0 Å². The number of aryl methyl sites for hydroxylation is 1. The predicted molar refractivity (Wildman–Crippen MR) is 69.3 cm³/mol. The van der Waals surface area contributed by atoms with Gasteiger partial charge in [-0.3, -0.25) is 4.68 Å². The highest BCUT2D eigenvalue weighted by Gasteiger charge is 2.19. The summed E-state index contributed by atoms with van der Waals surface area (Å²) in [5, 5.41) is 7.69. The molecule has 92 valence electrons. The van der Waals surface area contributed by atoms with Crippen molar-refractivity contribution in [3.63, 3.8) is 0 Å². The van der Waals surface area contributed by atoms with Gasteiger partial charge in [-0.15, -0.1) is 0 Å². The summed E-state index contributed by atoms with van der Waals surface area (Å²) in [6, 6.07) is 0.291. The van der Waals surface area contributed by atoms with Crippen LogP contribution in [0.15, 0.2) is 6.20 Å². The molecule has 1 unspecified atom stereocenters. The fourth-order valence-corrected chi connectivity index (χ4v) is 2.40. The highest BCUT2D eigenvalue weighted by atomic mass is 32.2. The number of aromatic nitrogens is 2. The number of methoxy groups -OCH3 is 1. The lowest BCUT2D eigenvalue weighted by atomic mass is 10.2. The Hall–Kier alpha value is -0.680. The second-order valence-corrected chi connectivity index (χ2v) is 4.53. The molecule has 0 aliphatic rings. The van der Waals surface area contributed by atoms with E-state index in [1.807, 2.05) is 23.5 Å². The molecule has 1 N–H and O–H groups in total. The second kappa shape index (κ2) is 6.81. The topological polar surface area (TPSA) is 39.1 Å². The van der Waals surface area contributed by atoms with Gasteiger partial charge in [-0.05, 0) is 19.7 Å². The van der Waals surface area contributed by atoms with Crippen LogP contribution in [0.3, 0.4) is 0 Å². The molecule has 0 spiro atoms. The van der Waals surface area contributed by atoms with Crippen LogP contribution in [-0.4, -0.2) is 35.9 Å². The summed E-state index contributed by atoms with van der Waals surface area (Å²) in [4.78, 5) is 0. The molecule has 0 bridgehead atoms. The van der Waals surface area contributed by atoms with Crippen molar-refractivity contribution < 1.29 is 4.74 Å². The maximum absolute atomic E-state index is 5.37. The third kappa shape index (κ3) is 2.92. The van der Waals surface area contributed by atoms with E-state index in [1.165, 1.54) is 0 Å². The van der Waals surface area contributed by atoms with Gasteiger partial charge < -0.3 is 10.1 Å². The number of thioether (sulfide) groups is 1. The fraction of sp³-hybridized carbons (Fsp3) is 0.727. The van der Waals surface area contributed by atoms with Crippen molar-refractivity contribution in [2.75, 3.05) is 26.2 Å². The zero-order chi connectivity index (χ0) is 12.0.